The minimum absolute atomic E-state index is 0.443. The number of rotatable bonds is 5. The second-order valence-electron chi connectivity index (χ2n) is 16.4. The highest BCUT2D eigenvalue weighted by molar-refractivity contribution is 7.25. The molecule has 9 aromatic carbocycles. The number of hydrogen-bond acceptors (Lipinski definition) is 3. The number of nitrogens with zero attached hydrogens (tertiary/aromatic N) is 2. The van der Waals surface area contributed by atoms with Gasteiger partial charge in [0.25, 0.3) is 0 Å². The average molecular weight is 805 g/mol. The summed E-state index contributed by atoms with van der Waals surface area (Å²) >= 11 is 1.85. The van der Waals surface area contributed by atoms with Gasteiger partial charge in [0.1, 0.15) is 0 Å². The zero-order valence-corrected chi connectivity index (χ0v) is 34.4. The van der Waals surface area contributed by atoms with Crippen LogP contribution >= 0.6 is 11.3 Å². The Hall–Kier alpha value is -7.72. The molecule has 1 spiro atoms. The van der Waals surface area contributed by atoms with Gasteiger partial charge in [0.2, 0.25) is 0 Å². The maximum absolute atomic E-state index is 5.46. The monoisotopic (exact) mass is 804 g/mol. The number of aromatic nitrogens is 2. The fourth-order valence-electron chi connectivity index (χ4n) is 10.5. The van der Waals surface area contributed by atoms with Gasteiger partial charge in [-0.2, -0.15) is 0 Å². The smallest absolute Gasteiger partial charge is 0.160 e. The highest BCUT2D eigenvalue weighted by atomic mass is 32.1. The molecule has 0 radical (unpaired) electrons. The quantitative estimate of drug-likeness (QED) is 0.173. The Morgan fingerprint density at radius 1 is 0.306 bits per heavy atom. The third-order valence-corrected chi connectivity index (χ3v) is 14.2. The molecule has 2 aliphatic rings. The SMILES string of the molecule is c1ccc(-c2cc(-c3ccc4c(c3)sc3ccccc34)cc(-c3cc(-c4cccc5c4-c4ccccc4C54c5ccccc5-c5ccccc54)nc(-c4ccccc4)n3)c2)cc1. The van der Waals surface area contributed by atoms with Gasteiger partial charge in [0.05, 0.1) is 16.8 Å². The van der Waals surface area contributed by atoms with E-state index in [9.17, 15) is 0 Å². The van der Waals surface area contributed by atoms with Gasteiger partial charge in [0, 0.05) is 36.9 Å². The van der Waals surface area contributed by atoms with Crippen LogP contribution in [-0.2, 0) is 5.41 Å². The van der Waals surface area contributed by atoms with Gasteiger partial charge < -0.3 is 0 Å². The molecule has 0 bridgehead atoms. The number of benzene rings is 9. The maximum Gasteiger partial charge on any atom is 0.160 e. The Morgan fingerprint density at radius 3 is 1.58 bits per heavy atom. The van der Waals surface area contributed by atoms with E-state index in [1.54, 1.807) is 0 Å². The normalized spacial score (nSPS) is 13.0. The Bertz CT molecular complexity index is 3540. The molecule has 0 N–H and O–H groups in total. The van der Waals surface area contributed by atoms with E-state index in [0.717, 1.165) is 44.8 Å². The molecule has 0 fully saturated rings. The van der Waals surface area contributed by atoms with Crippen molar-refractivity contribution in [3.63, 3.8) is 0 Å². The first kappa shape index (κ1) is 35.1. The van der Waals surface area contributed by atoms with Crippen molar-refractivity contribution in [1.82, 2.24) is 9.97 Å². The molecular formula is C59H36N2S. The molecule has 0 unspecified atom stereocenters. The second-order valence-corrected chi connectivity index (χ2v) is 17.5. The summed E-state index contributed by atoms with van der Waals surface area (Å²) in [7, 11) is 0. The standard InChI is InChI=1S/C59H36N2S/c1-3-16-37(17-4-1)40-32-41(39-30-31-46-45-22-10-14-29-55(45)62-56(46)35-39)34-42(33-40)53-36-54(61-58(60-53)38-18-5-2-6-19-38)48-24-15-28-52-57(48)47-23-9-13-27-51(47)59(52)49-25-11-7-20-43(49)44-21-8-12-26-50(44)59/h1-36H. The Morgan fingerprint density at radius 2 is 0.839 bits per heavy atom. The summed E-state index contributed by atoms with van der Waals surface area (Å²) < 4.78 is 2.59. The maximum atomic E-state index is 5.46. The average Bonchev–Trinajstić information content (AvgIpc) is 3.98. The summed E-state index contributed by atoms with van der Waals surface area (Å²) in [5.41, 5.74) is 19.4. The van der Waals surface area contributed by atoms with Gasteiger partial charge in [-0.05, 0) is 103 Å². The molecule has 0 aliphatic heterocycles. The molecule has 13 rings (SSSR count). The van der Waals surface area contributed by atoms with E-state index >= 15 is 0 Å². The van der Waals surface area contributed by atoms with Crippen molar-refractivity contribution in [2.75, 3.05) is 0 Å². The van der Waals surface area contributed by atoms with Crippen LogP contribution in [0.2, 0.25) is 0 Å². The molecule has 0 saturated heterocycles. The van der Waals surface area contributed by atoms with Crippen LogP contribution in [0, 0.1) is 0 Å². The molecule has 62 heavy (non-hydrogen) atoms. The van der Waals surface area contributed by atoms with Crippen molar-refractivity contribution >= 4 is 31.5 Å². The van der Waals surface area contributed by atoms with Crippen LogP contribution in [0.1, 0.15) is 22.3 Å². The molecule has 288 valence electrons. The zero-order chi connectivity index (χ0) is 40.8. The lowest BCUT2D eigenvalue weighted by Gasteiger charge is -2.30. The summed E-state index contributed by atoms with van der Waals surface area (Å²) in [5.74, 6) is 0.701. The van der Waals surface area contributed by atoms with E-state index in [-0.39, 0.29) is 0 Å². The van der Waals surface area contributed by atoms with E-state index in [2.05, 4.69) is 218 Å². The van der Waals surface area contributed by atoms with E-state index in [4.69, 9.17) is 9.97 Å². The van der Waals surface area contributed by atoms with Crippen LogP contribution in [0.3, 0.4) is 0 Å². The fourth-order valence-corrected chi connectivity index (χ4v) is 11.6. The third kappa shape index (κ3) is 5.16. The van der Waals surface area contributed by atoms with Gasteiger partial charge in [-0.1, -0.05) is 182 Å². The minimum Gasteiger partial charge on any atom is -0.228 e. The molecule has 3 heteroatoms. The van der Waals surface area contributed by atoms with Crippen LogP contribution in [-0.4, -0.2) is 9.97 Å². The summed E-state index contributed by atoms with van der Waals surface area (Å²) in [4.78, 5) is 10.9. The van der Waals surface area contributed by atoms with Gasteiger partial charge in [0.15, 0.2) is 5.82 Å². The molecular weight excluding hydrogens is 769 g/mol. The first-order valence-corrected chi connectivity index (χ1v) is 22.0. The number of fused-ring (bicyclic) bond motifs is 13. The molecule has 2 nitrogen and oxygen atoms in total. The molecule has 2 heterocycles. The summed E-state index contributed by atoms with van der Waals surface area (Å²) in [6.07, 6.45) is 0. The summed E-state index contributed by atoms with van der Waals surface area (Å²) in [6, 6.07) is 79.7. The van der Waals surface area contributed by atoms with E-state index in [0.29, 0.717) is 5.82 Å². The van der Waals surface area contributed by atoms with Crippen molar-refractivity contribution in [1.29, 1.82) is 0 Å². The van der Waals surface area contributed by atoms with Gasteiger partial charge in [-0.15, -0.1) is 11.3 Å². The minimum atomic E-state index is -0.443. The highest BCUT2D eigenvalue weighted by Crippen LogP contribution is 2.64. The van der Waals surface area contributed by atoms with Crippen LogP contribution < -0.4 is 0 Å². The predicted octanol–water partition coefficient (Wildman–Crippen LogP) is 15.5. The van der Waals surface area contributed by atoms with Crippen molar-refractivity contribution in [2.24, 2.45) is 0 Å². The largest absolute Gasteiger partial charge is 0.228 e. The zero-order valence-electron chi connectivity index (χ0n) is 33.6. The lowest BCUT2D eigenvalue weighted by Crippen LogP contribution is -2.25. The summed E-state index contributed by atoms with van der Waals surface area (Å²) in [6.45, 7) is 0. The Balaban J connectivity index is 1.05. The first-order valence-electron chi connectivity index (χ1n) is 21.2. The number of hydrogen-bond donors (Lipinski definition) is 0. The van der Waals surface area contributed by atoms with Crippen LogP contribution in [0.5, 0.6) is 0 Å². The van der Waals surface area contributed by atoms with E-state index < -0.39 is 5.41 Å². The van der Waals surface area contributed by atoms with Gasteiger partial charge in [-0.25, -0.2) is 9.97 Å². The van der Waals surface area contributed by atoms with E-state index in [1.807, 2.05) is 11.3 Å². The third-order valence-electron chi connectivity index (χ3n) is 13.1. The summed E-state index contributed by atoms with van der Waals surface area (Å²) in [5, 5.41) is 2.60. The van der Waals surface area contributed by atoms with Crippen LogP contribution in [0.15, 0.2) is 218 Å². The molecule has 2 aliphatic carbocycles. The molecule has 0 atom stereocenters. The molecule has 0 saturated carbocycles. The highest BCUT2D eigenvalue weighted by Gasteiger charge is 2.52. The van der Waals surface area contributed by atoms with Crippen molar-refractivity contribution in [3.05, 3.63) is 241 Å². The Labute approximate surface area is 364 Å². The topological polar surface area (TPSA) is 25.8 Å². The van der Waals surface area contributed by atoms with Crippen molar-refractivity contribution in [2.45, 2.75) is 5.41 Å². The van der Waals surface area contributed by atoms with Crippen LogP contribution in [0.25, 0.3) is 98.6 Å². The van der Waals surface area contributed by atoms with Crippen molar-refractivity contribution < 1.29 is 0 Å². The molecule has 11 aromatic rings. The lowest BCUT2D eigenvalue weighted by atomic mass is 9.70. The number of thiophene rings is 1. The van der Waals surface area contributed by atoms with Gasteiger partial charge >= 0.3 is 0 Å². The Kier molecular flexibility index (Phi) is 7.72. The first-order chi connectivity index (χ1) is 30.7. The second kappa shape index (κ2) is 13.7. The van der Waals surface area contributed by atoms with Crippen molar-refractivity contribution in [3.8, 4) is 78.4 Å². The van der Waals surface area contributed by atoms with E-state index in [1.165, 1.54) is 70.2 Å². The lowest BCUT2D eigenvalue weighted by molar-refractivity contribution is 0.794. The molecule has 2 aromatic heterocycles. The van der Waals surface area contributed by atoms with Crippen LogP contribution in [0.4, 0.5) is 0 Å². The van der Waals surface area contributed by atoms with Gasteiger partial charge in [-0.3, -0.25) is 0 Å². The molecule has 0 amide bonds. The predicted molar refractivity (Wildman–Crippen MR) is 258 cm³/mol. The fraction of sp³-hybridized carbons (Fsp3) is 0.0169.